The van der Waals surface area contributed by atoms with Crippen LogP contribution in [-0.2, 0) is 16.0 Å². The van der Waals surface area contributed by atoms with Crippen LogP contribution in [0.5, 0.6) is 0 Å². The van der Waals surface area contributed by atoms with Crippen LogP contribution >= 0.6 is 23.2 Å². The zero-order valence-corrected chi connectivity index (χ0v) is 16.8. The molecule has 1 heterocycles. The van der Waals surface area contributed by atoms with Gasteiger partial charge in [-0.3, -0.25) is 14.5 Å². The van der Waals surface area contributed by atoms with Gasteiger partial charge in [0.25, 0.3) is 0 Å². The molecule has 29 heavy (non-hydrogen) atoms. The molecule has 8 heteroatoms. The van der Waals surface area contributed by atoms with Crippen LogP contribution in [0.3, 0.4) is 0 Å². The lowest BCUT2D eigenvalue weighted by Crippen LogP contribution is -2.24. The lowest BCUT2D eigenvalue weighted by Gasteiger charge is -2.21. The van der Waals surface area contributed by atoms with Crippen molar-refractivity contribution >= 4 is 52.2 Å². The lowest BCUT2D eigenvalue weighted by molar-refractivity contribution is -0.116. The number of nitrogens with zero attached hydrogens (tertiary/aromatic N) is 2. The van der Waals surface area contributed by atoms with E-state index in [4.69, 9.17) is 23.2 Å². The summed E-state index contributed by atoms with van der Waals surface area (Å²) in [6.45, 7) is 1.34. The van der Waals surface area contributed by atoms with E-state index < -0.39 is 5.82 Å². The summed E-state index contributed by atoms with van der Waals surface area (Å²) in [6.07, 6.45) is 1.43. The van der Waals surface area contributed by atoms with Gasteiger partial charge in [0.2, 0.25) is 11.8 Å². The van der Waals surface area contributed by atoms with Crippen LogP contribution in [0.2, 0.25) is 10.0 Å². The van der Waals surface area contributed by atoms with Gasteiger partial charge < -0.3 is 5.32 Å². The minimum Gasteiger partial charge on any atom is -0.326 e. The molecule has 148 valence electrons. The molecule has 0 aliphatic heterocycles. The summed E-state index contributed by atoms with van der Waals surface area (Å²) >= 11 is 12.2. The van der Waals surface area contributed by atoms with Crippen molar-refractivity contribution in [3.8, 4) is 0 Å². The van der Waals surface area contributed by atoms with Gasteiger partial charge in [0, 0.05) is 34.9 Å². The van der Waals surface area contributed by atoms with Crippen LogP contribution in [0.1, 0.15) is 12.5 Å². The Kier molecular flexibility index (Phi) is 6.46. The SMILES string of the molecule is CC(=O)N(c1cccc(F)c1)c1cc(NC(=O)Cc2c(Cl)cccc2Cl)ccn1. The molecule has 0 saturated heterocycles. The molecular formula is C21H16Cl2FN3O2. The monoisotopic (exact) mass is 431 g/mol. The highest BCUT2D eigenvalue weighted by molar-refractivity contribution is 6.36. The van der Waals surface area contributed by atoms with Gasteiger partial charge in [-0.05, 0) is 42.0 Å². The fourth-order valence-electron chi connectivity index (χ4n) is 2.78. The molecule has 2 amide bonds. The van der Waals surface area contributed by atoms with Crippen molar-refractivity contribution in [3.63, 3.8) is 0 Å². The molecule has 0 bridgehead atoms. The van der Waals surface area contributed by atoms with Gasteiger partial charge in [-0.25, -0.2) is 9.37 Å². The second-order valence-corrected chi connectivity index (χ2v) is 6.98. The normalized spacial score (nSPS) is 10.5. The Morgan fingerprint density at radius 3 is 2.41 bits per heavy atom. The van der Waals surface area contributed by atoms with Crippen LogP contribution in [0.4, 0.5) is 21.6 Å². The number of rotatable bonds is 5. The Labute approximate surface area is 177 Å². The average Bonchev–Trinajstić information content (AvgIpc) is 2.65. The molecule has 0 spiro atoms. The summed E-state index contributed by atoms with van der Waals surface area (Å²) in [5.41, 5.74) is 1.27. The van der Waals surface area contributed by atoms with Crippen molar-refractivity contribution in [3.05, 3.63) is 82.2 Å². The van der Waals surface area contributed by atoms with Gasteiger partial charge in [-0.1, -0.05) is 35.3 Å². The quantitative estimate of drug-likeness (QED) is 0.588. The molecule has 1 N–H and O–H groups in total. The Balaban J connectivity index is 1.83. The predicted octanol–water partition coefficient (Wildman–Crippen LogP) is 5.39. The molecule has 3 aromatic rings. The van der Waals surface area contributed by atoms with E-state index in [2.05, 4.69) is 10.3 Å². The molecule has 0 aliphatic carbocycles. The van der Waals surface area contributed by atoms with Crippen molar-refractivity contribution in [2.45, 2.75) is 13.3 Å². The van der Waals surface area contributed by atoms with Gasteiger partial charge >= 0.3 is 0 Å². The molecule has 0 saturated carbocycles. The first kappa shape index (κ1) is 20.8. The van der Waals surface area contributed by atoms with Gasteiger partial charge in [0.1, 0.15) is 11.6 Å². The highest BCUT2D eigenvalue weighted by atomic mass is 35.5. The van der Waals surface area contributed by atoms with Crippen molar-refractivity contribution in [1.82, 2.24) is 4.98 Å². The highest BCUT2D eigenvalue weighted by Crippen LogP contribution is 2.27. The summed E-state index contributed by atoms with van der Waals surface area (Å²) in [4.78, 5) is 30.0. The number of benzene rings is 2. The smallest absolute Gasteiger partial charge is 0.229 e. The molecule has 0 fully saturated rings. The number of carbonyl (C=O) groups excluding carboxylic acids is 2. The van der Waals surface area contributed by atoms with Crippen molar-refractivity contribution in [2.75, 3.05) is 10.2 Å². The Morgan fingerprint density at radius 2 is 1.76 bits per heavy atom. The van der Waals surface area contributed by atoms with E-state index >= 15 is 0 Å². The first-order chi connectivity index (χ1) is 13.8. The molecule has 2 aromatic carbocycles. The summed E-state index contributed by atoms with van der Waals surface area (Å²) in [7, 11) is 0. The third-order valence-corrected chi connectivity index (χ3v) is 4.75. The molecule has 3 rings (SSSR count). The first-order valence-corrected chi connectivity index (χ1v) is 9.36. The number of amides is 2. The Bertz CT molecular complexity index is 1060. The molecular weight excluding hydrogens is 416 g/mol. The van der Waals surface area contributed by atoms with E-state index in [1.54, 1.807) is 30.3 Å². The second-order valence-electron chi connectivity index (χ2n) is 6.16. The zero-order chi connectivity index (χ0) is 21.0. The van der Waals surface area contributed by atoms with Crippen LogP contribution in [0.15, 0.2) is 60.8 Å². The number of anilines is 3. The van der Waals surface area contributed by atoms with Gasteiger partial charge in [0.15, 0.2) is 0 Å². The van der Waals surface area contributed by atoms with Gasteiger partial charge in [-0.2, -0.15) is 0 Å². The maximum atomic E-state index is 13.6. The number of hydrogen-bond acceptors (Lipinski definition) is 3. The minimum atomic E-state index is -0.477. The van der Waals surface area contributed by atoms with Crippen LogP contribution in [-0.4, -0.2) is 16.8 Å². The lowest BCUT2D eigenvalue weighted by atomic mass is 10.1. The molecule has 0 unspecified atom stereocenters. The molecule has 1 aromatic heterocycles. The number of nitrogens with one attached hydrogen (secondary N) is 1. The first-order valence-electron chi connectivity index (χ1n) is 8.60. The fourth-order valence-corrected chi connectivity index (χ4v) is 3.31. The summed E-state index contributed by atoms with van der Waals surface area (Å²) < 4.78 is 13.6. The predicted molar refractivity (Wildman–Crippen MR) is 112 cm³/mol. The molecule has 0 aliphatic rings. The second kappa shape index (κ2) is 9.03. The summed E-state index contributed by atoms with van der Waals surface area (Å²) in [6, 6.07) is 13.7. The topological polar surface area (TPSA) is 62.3 Å². The summed E-state index contributed by atoms with van der Waals surface area (Å²) in [5, 5.41) is 3.53. The Morgan fingerprint density at radius 1 is 1.07 bits per heavy atom. The van der Waals surface area contributed by atoms with Crippen LogP contribution in [0.25, 0.3) is 0 Å². The largest absolute Gasteiger partial charge is 0.326 e. The minimum absolute atomic E-state index is 0.0174. The van der Waals surface area contributed by atoms with E-state index in [1.807, 2.05) is 0 Å². The number of hydrogen-bond donors (Lipinski definition) is 1. The maximum Gasteiger partial charge on any atom is 0.229 e. The van der Waals surface area contributed by atoms with E-state index in [1.165, 1.54) is 42.3 Å². The summed E-state index contributed by atoms with van der Waals surface area (Å²) in [5.74, 6) is -0.918. The molecule has 0 atom stereocenters. The van der Waals surface area contributed by atoms with E-state index in [-0.39, 0.29) is 24.1 Å². The number of halogens is 3. The standard InChI is InChI=1S/C21H16Cl2FN3O2/c1-13(28)27(16-5-2-4-14(24)10-16)20-11-15(8-9-25-20)26-21(29)12-17-18(22)6-3-7-19(17)23/h2-11H,12H2,1H3,(H,25,26,29). The van der Waals surface area contributed by atoms with Crippen molar-refractivity contribution < 1.29 is 14.0 Å². The Hall–Kier alpha value is -2.96. The number of carbonyl (C=O) groups is 2. The average molecular weight is 432 g/mol. The van der Waals surface area contributed by atoms with Gasteiger partial charge in [-0.15, -0.1) is 0 Å². The number of aromatic nitrogens is 1. The highest BCUT2D eigenvalue weighted by Gasteiger charge is 2.17. The zero-order valence-electron chi connectivity index (χ0n) is 15.3. The third-order valence-electron chi connectivity index (χ3n) is 4.04. The maximum absolute atomic E-state index is 13.6. The fraction of sp³-hybridized carbons (Fsp3) is 0.0952. The van der Waals surface area contributed by atoms with Crippen molar-refractivity contribution in [2.24, 2.45) is 0 Å². The third kappa shape index (κ3) is 5.10. The molecule has 5 nitrogen and oxygen atoms in total. The van der Waals surface area contributed by atoms with E-state index in [0.717, 1.165) is 0 Å². The molecule has 0 radical (unpaired) electrons. The van der Waals surface area contributed by atoms with E-state index in [0.29, 0.717) is 27.0 Å². The van der Waals surface area contributed by atoms with E-state index in [9.17, 15) is 14.0 Å². The van der Waals surface area contributed by atoms with Crippen LogP contribution in [0, 0.1) is 5.82 Å². The van der Waals surface area contributed by atoms with Gasteiger partial charge in [0.05, 0.1) is 12.1 Å². The van der Waals surface area contributed by atoms with Crippen molar-refractivity contribution in [1.29, 1.82) is 0 Å². The number of pyridine rings is 1. The van der Waals surface area contributed by atoms with Crippen LogP contribution < -0.4 is 10.2 Å².